The van der Waals surface area contributed by atoms with Crippen molar-refractivity contribution in [1.29, 1.82) is 0 Å². The summed E-state index contributed by atoms with van der Waals surface area (Å²) in [6, 6.07) is 32.1. The van der Waals surface area contributed by atoms with E-state index in [1.54, 1.807) is 60.3 Å². The van der Waals surface area contributed by atoms with Gasteiger partial charge in [0.1, 0.15) is 23.0 Å². The Morgan fingerprint density at radius 2 is 0.800 bits per heavy atom. The van der Waals surface area contributed by atoms with Crippen LogP contribution >= 0.6 is 11.8 Å². The number of benzene rings is 6. The van der Waals surface area contributed by atoms with Gasteiger partial charge in [0.15, 0.2) is 0 Å². The SMILES string of the molecule is O=C1OC(=O)c2ccc(Oc3ccc(Sc4ccc(Oc5ccc6c7c(cccc57)C(=O)OC6=O)cc4)cc3)c3cccc1c23. The first kappa shape index (κ1) is 26.7. The Labute approximate surface area is 259 Å². The van der Waals surface area contributed by atoms with Gasteiger partial charge in [-0.15, -0.1) is 0 Å². The standard InChI is InChI=1S/C36H18O8S/c37-33-25-5-1-3-23-29(17-15-27(31(23)25)35(39)43-33)41-19-7-11-21(12-8-19)45-22-13-9-20(10-14-22)42-30-18-16-28-32-24(30)4-2-6-26(32)34(38)44-36(28)40/h1-18H. The zero-order valence-electron chi connectivity index (χ0n) is 23.1. The summed E-state index contributed by atoms with van der Waals surface area (Å²) >= 11 is 1.56. The predicted molar refractivity (Wildman–Crippen MR) is 165 cm³/mol. The molecule has 6 aromatic rings. The van der Waals surface area contributed by atoms with Crippen molar-refractivity contribution in [2.24, 2.45) is 0 Å². The molecule has 6 aromatic carbocycles. The van der Waals surface area contributed by atoms with Gasteiger partial charge < -0.3 is 18.9 Å². The number of carbonyl (C=O) groups is 4. The molecule has 9 heteroatoms. The molecule has 0 saturated heterocycles. The number of cyclic esters (lactones) is 4. The fourth-order valence-electron chi connectivity index (χ4n) is 5.55. The van der Waals surface area contributed by atoms with E-state index in [0.29, 0.717) is 66.8 Å². The fourth-order valence-corrected chi connectivity index (χ4v) is 6.36. The maximum absolute atomic E-state index is 12.2. The molecule has 0 saturated carbocycles. The van der Waals surface area contributed by atoms with Crippen LogP contribution in [0, 0.1) is 0 Å². The number of carbonyl (C=O) groups excluding carboxylic acids is 4. The number of rotatable bonds is 6. The second kappa shape index (κ2) is 10.4. The van der Waals surface area contributed by atoms with Crippen molar-refractivity contribution < 1.29 is 38.1 Å². The lowest BCUT2D eigenvalue weighted by atomic mass is 9.96. The van der Waals surface area contributed by atoms with Crippen LogP contribution in [-0.2, 0) is 9.47 Å². The van der Waals surface area contributed by atoms with E-state index in [9.17, 15) is 19.2 Å². The molecule has 0 radical (unpaired) electrons. The Morgan fingerprint density at radius 3 is 1.20 bits per heavy atom. The lowest BCUT2D eigenvalue weighted by Crippen LogP contribution is -2.19. The van der Waals surface area contributed by atoms with E-state index < -0.39 is 23.9 Å². The molecule has 0 spiro atoms. The van der Waals surface area contributed by atoms with Gasteiger partial charge in [0.05, 0.1) is 22.3 Å². The maximum Gasteiger partial charge on any atom is 0.346 e. The monoisotopic (exact) mass is 610 g/mol. The number of esters is 4. The van der Waals surface area contributed by atoms with Gasteiger partial charge in [0.2, 0.25) is 0 Å². The third-order valence-electron chi connectivity index (χ3n) is 7.59. The fraction of sp³-hybridized carbons (Fsp3) is 0. The number of ether oxygens (including phenoxy) is 4. The van der Waals surface area contributed by atoms with Gasteiger partial charge in [0, 0.05) is 31.3 Å². The first-order valence-electron chi connectivity index (χ1n) is 13.8. The average molecular weight is 611 g/mol. The summed E-state index contributed by atoms with van der Waals surface area (Å²) < 4.78 is 22.0. The summed E-state index contributed by atoms with van der Waals surface area (Å²) in [7, 11) is 0. The summed E-state index contributed by atoms with van der Waals surface area (Å²) in [5.41, 5.74) is 1.33. The Kier molecular flexibility index (Phi) is 6.14. The summed E-state index contributed by atoms with van der Waals surface area (Å²) in [4.78, 5) is 50.9. The van der Waals surface area contributed by atoms with Crippen molar-refractivity contribution in [3.05, 3.63) is 131 Å². The smallest absolute Gasteiger partial charge is 0.346 e. The van der Waals surface area contributed by atoms with Crippen molar-refractivity contribution in [2.75, 3.05) is 0 Å². The molecule has 2 aliphatic heterocycles. The van der Waals surface area contributed by atoms with Crippen LogP contribution in [0.25, 0.3) is 21.5 Å². The lowest BCUT2D eigenvalue weighted by molar-refractivity contribution is 0.0373. The van der Waals surface area contributed by atoms with Crippen LogP contribution in [0.4, 0.5) is 0 Å². The van der Waals surface area contributed by atoms with E-state index in [2.05, 4.69) is 0 Å². The van der Waals surface area contributed by atoms with Gasteiger partial charge in [-0.2, -0.15) is 0 Å². The minimum Gasteiger partial charge on any atom is -0.457 e. The van der Waals surface area contributed by atoms with Crippen LogP contribution in [0.3, 0.4) is 0 Å². The van der Waals surface area contributed by atoms with Crippen molar-refractivity contribution in [3.8, 4) is 23.0 Å². The van der Waals surface area contributed by atoms with Gasteiger partial charge in [-0.1, -0.05) is 36.0 Å². The molecule has 0 aliphatic carbocycles. The largest absolute Gasteiger partial charge is 0.457 e. The average Bonchev–Trinajstić information content (AvgIpc) is 3.05. The van der Waals surface area contributed by atoms with Crippen LogP contribution in [0.15, 0.2) is 119 Å². The van der Waals surface area contributed by atoms with E-state index in [1.165, 1.54) is 0 Å². The van der Waals surface area contributed by atoms with Crippen LogP contribution < -0.4 is 9.47 Å². The zero-order valence-corrected chi connectivity index (χ0v) is 23.9. The second-order valence-corrected chi connectivity index (χ2v) is 11.4. The van der Waals surface area contributed by atoms with Crippen LogP contribution in [0.5, 0.6) is 23.0 Å². The molecule has 0 N–H and O–H groups in total. The van der Waals surface area contributed by atoms with Gasteiger partial charge in [-0.3, -0.25) is 0 Å². The molecule has 216 valence electrons. The third kappa shape index (κ3) is 4.57. The highest BCUT2D eigenvalue weighted by atomic mass is 32.2. The minimum atomic E-state index is -0.668. The molecule has 0 bridgehead atoms. The second-order valence-electron chi connectivity index (χ2n) is 10.3. The van der Waals surface area contributed by atoms with Gasteiger partial charge >= 0.3 is 23.9 Å². The Hall–Kier alpha value is -5.93. The van der Waals surface area contributed by atoms with E-state index in [1.807, 2.05) is 60.7 Å². The normalized spacial score (nSPS) is 13.5. The highest BCUT2D eigenvalue weighted by Gasteiger charge is 2.29. The van der Waals surface area contributed by atoms with Gasteiger partial charge in [-0.05, 0) is 84.9 Å². The molecule has 0 aromatic heterocycles. The lowest BCUT2D eigenvalue weighted by Gasteiger charge is -2.17. The first-order valence-corrected chi connectivity index (χ1v) is 14.6. The molecule has 0 fully saturated rings. The molecule has 2 heterocycles. The first-order chi connectivity index (χ1) is 21.9. The molecule has 8 nitrogen and oxygen atoms in total. The minimum absolute atomic E-state index is 0.333. The van der Waals surface area contributed by atoms with Crippen molar-refractivity contribution in [3.63, 3.8) is 0 Å². The van der Waals surface area contributed by atoms with E-state index in [-0.39, 0.29) is 0 Å². The summed E-state index contributed by atoms with van der Waals surface area (Å²) in [6.45, 7) is 0. The van der Waals surface area contributed by atoms with Crippen molar-refractivity contribution in [1.82, 2.24) is 0 Å². The summed E-state index contributed by atoms with van der Waals surface area (Å²) in [5, 5.41) is 2.36. The summed E-state index contributed by atoms with van der Waals surface area (Å²) in [6.07, 6.45) is 0. The molecule has 0 atom stereocenters. The topological polar surface area (TPSA) is 105 Å². The third-order valence-corrected chi connectivity index (χ3v) is 8.61. The molecular formula is C36H18O8S. The quantitative estimate of drug-likeness (QED) is 0.136. The highest BCUT2D eigenvalue weighted by Crippen LogP contribution is 2.39. The van der Waals surface area contributed by atoms with E-state index in [0.717, 1.165) is 9.79 Å². The molecule has 45 heavy (non-hydrogen) atoms. The van der Waals surface area contributed by atoms with Crippen LogP contribution in [-0.4, -0.2) is 23.9 Å². The Bertz CT molecular complexity index is 2050. The van der Waals surface area contributed by atoms with E-state index in [4.69, 9.17) is 18.9 Å². The highest BCUT2D eigenvalue weighted by molar-refractivity contribution is 7.99. The molecule has 2 aliphatic rings. The maximum atomic E-state index is 12.2. The summed E-state index contributed by atoms with van der Waals surface area (Å²) in [5.74, 6) is -0.420. The van der Waals surface area contributed by atoms with Crippen LogP contribution in [0.1, 0.15) is 41.4 Å². The van der Waals surface area contributed by atoms with Gasteiger partial charge in [-0.25, -0.2) is 19.2 Å². The number of hydrogen-bond acceptors (Lipinski definition) is 9. The Morgan fingerprint density at radius 1 is 0.422 bits per heavy atom. The van der Waals surface area contributed by atoms with E-state index >= 15 is 0 Å². The van der Waals surface area contributed by atoms with Gasteiger partial charge in [0.25, 0.3) is 0 Å². The molecule has 0 unspecified atom stereocenters. The van der Waals surface area contributed by atoms with Crippen LogP contribution in [0.2, 0.25) is 0 Å². The van der Waals surface area contributed by atoms with Crippen molar-refractivity contribution >= 4 is 57.2 Å². The zero-order chi connectivity index (χ0) is 30.7. The van der Waals surface area contributed by atoms with Crippen molar-refractivity contribution in [2.45, 2.75) is 9.79 Å². The number of hydrogen-bond donors (Lipinski definition) is 0. The molecule has 0 amide bonds. The Balaban J connectivity index is 0.984. The molecular weight excluding hydrogens is 592 g/mol. The molecule has 8 rings (SSSR count). The predicted octanol–water partition coefficient (Wildman–Crippen LogP) is 8.35.